The predicted octanol–water partition coefficient (Wildman–Crippen LogP) is 4.20. The Kier molecular flexibility index (Phi) is 5.67. The SMILES string of the molecule is Cc1ccc(NC(=O)C2(c3ccccc3)CCOCC2)cc1N1CCCCC1=O. The van der Waals surface area contributed by atoms with Crippen LogP contribution < -0.4 is 10.2 Å². The minimum atomic E-state index is -0.592. The van der Waals surface area contributed by atoms with Crippen molar-refractivity contribution in [2.45, 2.75) is 44.4 Å². The normalized spacial score (nSPS) is 19.1. The number of piperidine rings is 1. The van der Waals surface area contributed by atoms with E-state index in [2.05, 4.69) is 5.32 Å². The maximum atomic E-state index is 13.5. The Labute approximate surface area is 172 Å². The molecule has 152 valence electrons. The summed E-state index contributed by atoms with van der Waals surface area (Å²) in [5, 5.41) is 3.14. The van der Waals surface area contributed by atoms with Gasteiger partial charge in [-0.05, 0) is 55.9 Å². The number of rotatable bonds is 4. The zero-order chi connectivity index (χ0) is 20.3. The lowest BCUT2D eigenvalue weighted by Crippen LogP contribution is -2.44. The van der Waals surface area contributed by atoms with E-state index in [1.807, 2.05) is 60.4 Å². The van der Waals surface area contributed by atoms with E-state index in [9.17, 15) is 9.59 Å². The van der Waals surface area contributed by atoms with E-state index >= 15 is 0 Å². The summed E-state index contributed by atoms with van der Waals surface area (Å²) in [6.45, 7) is 3.89. The van der Waals surface area contributed by atoms with Gasteiger partial charge in [0.25, 0.3) is 0 Å². The van der Waals surface area contributed by atoms with Gasteiger partial charge in [-0.1, -0.05) is 36.4 Å². The van der Waals surface area contributed by atoms with Crippen molar-refractivity contribution in [3.05, 3.63) is 59.7 Å². The Hall–Kier alpha value is -2.66. The van der Waals surface area contributed by atoms with Gasteiger partial charge in [0, 0.05) is 37.6 Å². The Morgan fingerprint density at radius 2 is 1.83 bits per heavy atom. The van der Waals surface area contributed by atoms with Crippen LogP contribution >= 0.6 is 0 Å². The molecular weight excluding hydrogens is 364 g/mol. The summed E-state index contributed by atoms with van der Waals surface area (Å²) < 4.78 is 5.55. The van der Waals surface area contributed by atoms with Crippen LogP contribution in [0.3, 0.4) is 0 Å². The lowest BCUT2D eigenvalue weighted by molar-refractivity contribution is -0.125. The first-order chi connectivity index (χ1) is 14.1. The van der Waals surface area contributed by atoms with Crippen molar-refractivity contribution in [1.29, 1.82) is 0 Å². The molecule has 0 aromatic heterocycles. The molecule has 2 amide bonds. The Bertz CT molecular complexity index is 888. The van der Waals surface area contributed by atoms with Gasteiger partial charge >= 0.3 is 0 Å². The number of anilines is 2. The van der Waals surface area contributed by atoms with Crippen molar-refractivity contribution in [2.24, 2.45) is 0 Å². The fourth-order valence-electron chi connectivity index (χ4n) is 4.41. The molecule has 2 heterocycles. The largest absolute Gasteiger partial charge is 0.381 e. The highest BCUT2D eigenvalue weighted by molar-refractivity contribution is 6.01. The standard InChI is InChI=1S/C24H28N2O3/c1-18-10-11-20(17-21(18)26-14-6-5-9-22(26)27)25-23(28)24(12-15-29-16-13-24)19-7-3-2-4-8-19/h2-4,7-8,10-11,17H,5-6,9,12-16H2,1H3,(H,25,28). The van der Waals surface area contributed by atoms with E-state index in [0.29, 0.717) is 32.5 Å². The number of benzene rings is 2. The second kappa shape index (κ2) is 8.37. The highest BCUT2D eigenvalue weighted by Crippen LogP contribution is 2.37. The maximum absolute atomic E-state index is 13.5. The molecule has 0 radical (unpaired) electrons. The summed E-state index contributed by atoms with van der Waals surface area (Å²) in [6.07, 6.45) is 3.87. The molecule has 0 atom stereocenters. The third-order valence-electron chi connectivity index (χ3n) is 6.19. The first-order valence-electron chi connectivity index (χ1n) is 10.5. The number of ether oxygens (including phenoxy) is 1. The third kappa shape index (κ3) is 3.92. The van der Waals surface area contributed by atoms with Crippen LogP contribution in [0.5, 0.6) is 0 Å². The number of hydrogen-bond acceptors (Lipinski definition) is 3. The van der Waals surface area contributed by atoms with Crippen molar-refractivity contribution in [3.8, 4) is 0 Å². The van der Waals surface area contributed by atoms with Crippen LogP contribution in [0.25, 0.3) is 0 Å². The van der Waals surface area contributed by atoms with Crippen molar-refractivity contribution in [1.82, 2.24) is 0 Å². The molecule has 2 aliphatic rings. The minimum Gasteiger partial charge on any atom is -0.381 e. The zero-order valence-electron chi connectivity index (χ0n) is 16.9. The topological polar surface area (TPSA) is 58.6 Å². The van der Waals surface area contributed by atoms with E-state index in [1.165, 1.54) is 0 Å². The molecule has 29 heavy (non-hydrogen) atoms. The third-order valence-corrected chi connectivity index (χ3v) is 6.19. The molecule has 2 aromatic rings. The first kappa shape index (κ1) is 19.6. The number of carbonyl (C=O) groups excluding carboxylic acids is 2. The minimum absolute atomic E-state index is 0.00762. The number of amides is 2. The molecule has 0 spiro atoms. The van der Waals surface area contributed by atoms with Gasteiger partial charge in [-0.2, -0.15) is 0 Å². The molecule has 5 nitrogen and oxygen atoms in total. The van der Waals surface area contributed by atoms with Crippen LogP contribution in [0, 0.1) is 6.92 Å². The van der Waals surface area contributed by atoms with E-state index in [-0.39, 0.29) is 11.8 Å². The van der Waals surface area contributed by atoms with E-state index in [4.69, 9.17) is 4.74 Å². The van der Waals surface area contributed by atoms with Crippen LogP contribution in [0.4, 0.5) is 11.4 Å². The number of nitrogens with zero attached hydrogens (tertiary/aromatic N) is 1. The molecule has 2 aromatic carbocycles. The lowest BCUT2D eigenvalue weighted by atomic mass is 9.73. The van der Waals surface area contributed by atoms with Crippen LogP contribution in [0.2, 0.25) is 0 Å². The van der Waals surface area contributed by atoms with Crippen molar-refractivity contribution in [2.75, 3.05) is 30.0 Å². The fourth-order valence-corrected chi connectivity index (χ4v) is 4.41. The van der Waals surface area contributed by atoms with E-state index < -0.39 is 5.41 Å². The van der Waals surface area contributed by atoms with Crippen molar-refractivity contribution in [3.63, 3.8) is 0 Å². The number of hydrogen-bond donors (Lipinski definition) is 1. The lowest BCUT2D eigenvalue weighted by Gasteiger charge is -2.36. The molecule has 5 heteroatoms. The summed E-state index contributed by atoms with van der Waals surface area (Å²) in [4.78, 5) is 27.7. The molecule has 0 aliphatic carbocycles. The summed E-state index contributed by atoms with van der Waals surface area (Å²) >= 11 is 0. The molecular formula is C24H28N2O3. The van der Waals surface area contributed by atoms with Crippen LogP contribution in [-0.4, -0.2) is 31.6 Å². The molecule has 2 fully saturated rings. The Morgan fingerprint density at radius 1 is 1.07 bits per heavy atom. The first-order valence-corrected chi connectivity index (χ1v) is 10.5. The van der Waals surface area contributed by atoms with Crippen LogP contribution in [-0.2, 0) is 19.7 Å². The smallest absolute Gasteiger partial charge is 0.235 e. The molecule has 1 N–H and O–H groups in total. The average Bonchev–Trinajstić information content (AvgIpc) is 2.76. The van der Waals surface area contributed by atoms with Gasteiger partial charge in [-0.3, -0.25) is 9.59 Å². The van der Waals surface area contributed by atoms with Gasteiger partial charge in [0.05, 0.1) is 5.41 Å². The number of aryl methyl sites for hydroxylation is 1. The monoisotopic (exact) mass is 392 g/mol. The summed E-state index contributed by atoms with van der Waals surface area (Å²) in [5.74, 6) is 0.153. The molecule has 0 unspecified atom stereocenters. The van der Waals surface area contributed by atoms with Gasteiger partial charge in [0.1, 0.15) is 0 Å². The van der Waals surface area contributed by atoms with Crippen LogP contribution in [0.1, 0.15) is 43.2 Å². The van der Waals surface area contributed by atoms with Gasteiger partial charge in [0.2, 0.25) is 11.8 Å². The van der Waals surface area contributed by atoms with Gasteiger partial charge in [-0.25, -0.2) is 0 Å². The maximum Gasteiger partial charge on any atom is 0.235 e. The predicted molar refractivity (Wildman–Crippen MR) is 114 cm³/mol. The van der Waals surface area contributed by atoms with Crippen molar-refractivity contribution >= 4 is 23.2 Å². The highest BCUT2D eigenvalue weighted by Gasteiger charge is 2.41. The number of nitrogens with one attached hydrogen (secondary N) is 1. The summed E-state index contributed by atoms with van der Waals surface area (Å²) in [5.41, 5.74) is 3.11. The Morgan fingerprint density at radius 3 is 2.55 bits per heavy atom. The average molecular weight is 392 g/mol. The molecule has 2 aliphatic heterocycles. The van der Waals surface area contributed by atoms with Gasteiger partial charge in [-0.15, -0.1) is 0 Å². The fraction of sp³-hybridized carbons (Fsp3) is 0.417. The Balaban J connectivity index is 1.61. The summed E-state index contributed by atoms with van der Waals surface area (Å²) in [6, 6.07) is 15.8. The highest BCUT2D eigenvalue weighted by atomic mass is 16.5. The number of carbonyl (C=O) groups is 2. The van der Waals surface area contributed by atoms with E-state index in [0.717, 1.165) is 41.9 Å². The molecule has 4 rings (SSSR count). The molecule has 0 saturated carbocycles. The second-order valence-corrected chi connectivity index (χ2v) is 8.02. The molecule has 0 bridgehead atoms. The van der Waals surface area contributed by atoms with E-state index in [1.54, 1.807) is 0 Å². The quantitative estimate of drug-likeness (QED) is 0.848. The van der Waals surface area contributed by atoms with Crippen molar-refractivity contribution < 1.29 is 14.3 Å². The zero-order valence-corrected chi connectivity index (χ0v) is 16.9. The van der Waals surface area contributed by atoms with Gasteiger partial charge < -0.3 is 15.0 Å². The second-order valence-electron chi connectivity index (χ2n) is 8.02. The summed E-state index contributed by atoms with van der Waals surface area (Å²) in [7, 11) is 0. The molecule has 2 saturated heterocycles. The van der Waals surface area contributed by atoms with Crippen LogP contribution in [0.15, 0.2) is 48.5 Å². The van der Waals surface area contributed by atoms with Gasteiger partial charge in [0.15, 0.2) is 0 Å².